The van der Waals surface area contributed by atoms with Crippen LogP contribution in [-0.4, -0.2) is 11.7 Å². The quantitative estimate of drug-likeness (QED) is 0.733. The molecule has 2 aromatic carbocycles. The Morgan fingerprint density at radius 3 is 2.81 bits per heavy atom. The summed E-state index contributed by atoms with van der Waals surface area (Å²) < 4.78 is 20.7. The van der Waals surface area contributed by atoms with Gasteiger partial charge in [0.1, 0.15) is 11.6 Å². The molecule has 1 heterocycles. The highest BCUT2D eigenvalue weighted by Gasteiger charge is 2.08. The number of nitriles is 1. The molecule has 3 rings (SSSR count). The van der Waals surface area contributed by atoms with E-state index in [0.29, 0.717) is 17.9 Å². The molecule has 0 N–H and O–H groups in total. The summed E-state index contributed by atoms with van der Waals surface area (Å²) in [5.41, 5.74) is 2.28. The second kappa shape index (κ2) is 5.29. The van der Waals surface area contributed by atoms with E-state index in [1.807, 2.05) is 16.8 Å². The zero-order valence-electron chi connectivity index (χ0n) is 11.5. The van der Waals surface area contributed by atoms with Crippen molar-refractivity contribution in [3.05, 3.63) is 65.6 Å². The summed E-state index contributed by atoms with van der Waals surface area (Å²) in [7, 11) is 1.60. The summed E-state index contributed by atoms with van der Waals surface area (Å²) >= 11 is 0. The molecule has 0 unspecified atom stereocenters. The van der Waals surface area contributed by atoms with E-state index in [0.717, 1.165) is 16.5 Å². The van der Waals surface area contributed by atoms with Gasteiger partial charge in [0.05, 0.1) is 30.8 Å². The number of benzene rings is 2. The third kappa shape index (κ3) is 2.46. The molecule has 4 heteroatoms. The second-order valence-corrected chi connectivity index (χ2v) is 4.79. The van der Waals surface area contributed by atoms with Crippen molar-refractivity contribution >= 4 is 10.9 Å². The van der Waals surface area contributed by atoms with E-state index >= 15 is 0 Å². The van der Waals surface area contributed by atoms with Crippen molar-refractivity contribution in [3.8, 4) is 11.8 Å². The lowest BCUT2D eigenvalue weighted by atomic mass is 10.1. The number of hydrogen-bond donors (Lipinski definition) is 0. The first-order valence-corrected chi connectivity index (χ1v) is 6.52. The minimum absolute atomic E-state index is 0.264. The Hall–Kier alpha value is -2.80. The fraction of sp³-hybridized carbons (Fsp3) is 0.118. The summed E-state index contributed by atoms with van der Waals surface area (Å²) in [6, 6.07) is 14.1. The Bertz CT molecular complexity index is 846. The number of ether oxygens (including phenoxy) is 1. The van der Waals surface area contributed by atoms with Crippen LogP contribution < -0.4 is 4.74 Å². The number of aromatic nitrogens is 1. The normalized spacial score (nSPS) is 10.5. The summed E-state index contributed by atoms with van der Waals surface area (Å²) in [6.45, 7) is 0.519. The molecular formula is C17H13FN2O. The summed E-state index contributed by atoms with van der Waals surface area (Å²) in [5.74, 6) is 0.451. The minimum Gasteiger partial charge on any atom is -0.496 e. The van der Waals surface area contributed by atoms with Crippen LogP contribution in [0.5, 0.6) is 5.75 Å². The number of rotatable bonds is 3. The van der Waals surface area contributed by atoms with Gasteiger partial charge in [-0.15, -0.1) is 0 Å². The molecule has 0 aliphatic rings. The molecule has 0 atom stereocenters. The van der Waals surface area contributed by atoms with Crippen molar-refractivity contribution in [1.82, 2.24) is 4.57 Å². The molecule has 0 saturated heterocycles. The standard InChI is InChI=1S/C17H13FN2O/c1-21-17-5-2-12(10-19)8-14(17)11-20-7-6-13-3-4-15(18)9-16(13)20/h2-9H,11H2,1H3. The Labute approximate surface area is 121 Å². The Morgan fingerprint density at radius 1 is 1.19 bits per heavy atom. The van der Waals surface area contributed by atoms with Crippen molar-refractivity contribution in [2.75, 3.05) is 7.11 Å². The fourth-order valence-electron chi connectivity index (χ4n) is 2.45. The van der Waals surface area contributed by atoms with Gasteiger partial charge in [-0.25, -0.2) is 4.39 Å². The molecule has 21 heavy (non-hydrogen) atoms. The topological polar surface area (TPSA) is 37.9 Å². The molecule has 0 amide bonds. The van der Waals surface area contributed by atoms with E-state index in [1.54, 1.807) is 31.4 Å². The predicted octanol–water partition coefficient (Wildman–Crippen LogP) is 3.71. The van der Waals surface area contributed by atoms with Gasteiger partial charge in [0.25, 0.3) is 0 Å². The third-order valence-electron chi connectivity index (χ3n) is 3.49. The van der Waals surface area contributed by atoms with Gasteiger partial charge >= 0.3 is 0 Å². The number of fused-ring (bicyclic) bond motifs is 1. The molecule has 1 aromatic heterocycles. The lowest BCUT2D eigenvalue weighted by molar-refractivity contribution is 0.408. The highest BCUT2D eigenvalue weighted by atomic mass is 19.1. The van der Waals surface area contributed by atoms with Crippen LogP contribution >= 0.6 is 0 Å². The van der Waals surface area contributed by atoms with Crippen LogP contribution in [0.25, 0.3) is 10.9 Å². The molecule has 0 saturated carbocycles. The van der Waals surface area contributed by atoms with Gasteiger partial charge in [0.2, 0.25) is 0 Å². The van der Waals surface area contributed by atoms with Crippen LogP contribution in [0.4, 0.5) is 4.39 Å². The first kappa shape index (κ1) is 13.2. The Kier molecular flexibility index (Phi) is 3.33. The maximum absolute atomic E-state index is 13.4. The van der Waals surface area contributed by atoms with E-state index in [1.165, 1.54) is 12.1 Å². The molecule has 3 aromatic rings. The van der Waals surface area contributed by atoms with Gasteiger partial charge in [-0.1, -0.05) is 0 Å². The van der Waals surface area contributed by atoms with Crippen molar-refractivity contribution in [3.63, 3.8) is 0 Å². The van der Waals surface area contributed by atoms with Crippen LogP contribution in [0.2, 0.25) is 0 Å². The zero-order chi connectivity index (χ0) is 14.8. The van der Waals surface area contributed by atoms with Gasteiger partial charge in [-0.05, 0) is 47.9 Å². The zero-order valence-corrected chi connectivity index (χ0v) is 11.5. The van der Waals surface area contributed by atoms with Crippen molar-refractivity contribution in [2.24, 2.45) is 0 Å². The molecule has 0 spiro atoms. The molecule has 0 bridgehead atoms. The largest absolute Gasteiger partial charge is 0.496 e. The van der Waals surface area contributed by atoms with E-state index in [-0.39, 0.29) is 5.82 Å². The van der Waals surface area contributed by atoms with Gasteiger partial charge in [-0.3, -0.25) is 0 Å². The van der Waals surface area contributed by atoms with E-state index < -0.39 is 0 Å². The SMILES string of the molecule is COc1ccc(C#N)cc1Cn1ccc2ccc(F)cc21. The van der Waals surface area contributed by atoms with Crippen molar-refractivity contribution < 1.29 is 9.13 Å². The maximum Gasteiger partial charge on any atom is 0.125 e. The maximum atomic E-state index is 13.4. The second-order valence-electron chi connectivity index (χ2n) is 4.79. The number of nitrogens with zero attached hydrogens (tertiary/aromatic N) is 2. The van der Waals surface area contributed by atoms with Crippen LogP contribution in [0, 0.1) is 17.1 Å². The highest BCUT2D eigenvalue weighted by molar-refractivity contribution is 5.80. The lowest BCUT2D eigenvalue weighted by Gasteiger charge is -2.11. The smallest absolute Gasteiger partial charge is 0.125 e. The number of hydrogen-bond acceptors (Lipinski definition) is 2. The number of methoxy groups -OCH3 is 1. The van der Waals surface area contributed by atoms with Crippen molar-refractivity contribution in [1.29, 1.82) is 5.26 Å². The van der Waals surface area contributed by atoms with Gasteiger partial charge in [0.15, 0.2) is 0 Å². The van der Waals surface area contributed by atoms with Crippen molar-refractivity contribution in [2.45, 2.75) is 6.54 Å². The average Bonchev–Trinajstić information content (AvgIpc) is 2.89. The Balaban J connectivity index is 2.06. The van der Waals surface area contributed by atoms with E-state index in [9.17, 15) is 4.39 Å². The summed E-state index contributed by atoms with van der Waals surface area (Å²) in [4.78, 5) is 0. The van der Waals surface area contributed by atoms with Gasteiger partial charge < -0.3 is 9.30 Å². The molecule has 104 valence electrons. The fourth-order valence-corrected chi connectivity index (χ4v) is 2.45. The highest BCUT2D eigenvalue weighted by Crippen LogP contribution is 2.24. The lowest BCUT2D eigenvalue weighted by Crippen LogP contribution is -2.01. The van der Waals surface area contributed by atoms with E-state index in [4.69, 9.17) is 10.00 Å². The molecule has 0 fully saturated rings. The van der Waals surface area contributed by atoms with Gasteiger partial charge in [0, 0.05) is 11.8 Å². The van der Waals surface area contributed by atoms with Crippen LogP contribution in [0.15, 0.2) is 48.7 Å². The monoisotopic (exact) mass is 280 g/mol. The third-order valence-corrected chi connectivity index (χ3v) is 3.49. The van der Waals surface area contributed by atoms with Crippen LogP contribution in [0.3, 0.4) is 0 Å². The molecule has 3 nitrogen and oxygen atoms in total. The predicted molar refractivity (Wildman–Crippen MR) is 78.7 cm³/mol. The van der Waals surface area contributed by atoms with Crippen LogP contribution in [-0.2, 0) is 6.54 Å². The first-order valence-electron chi connectivity index (χ1n) is 6.52. The summed E-state index contributed by atoms with van der Waals surface area (Å²) in [5, 5.41) is 9.99. The minimum atomic E-state index is -0.264. The molecule has 0 radical (unpaired) electrons. The van der Waals surface area contributed by atoms with Gasteiger partial charge in [-0.2, -0.15) is 5.26 Å². The molecule has 0 aliphatic heterocycles. The summed E-state index contributed by atoms with van der Waals surface area (Å²) in [6.07, 6.45) is 1.91. The van der Waals surface area contributed by atoms with Crippen LogP contribution in [0.1, 0.15) is 11.1 Å². The first-order chi connectivity index (χ1) is 10.2. The molecular weight excluding hydrogens is 267 g/mol. The van der Waals surface area contributed by atoms with E-state index in [2.05, 4.69) is 6.07 Å². The molecule has 0 aliphatic carbocycles. The number of halogens is 1. The average molecular weight is 280 g/mol. The Morgan fingerprint density at radius 2 is 2.05 bits per heavy atom.